The first-order valence-corrected chi connectivity index (χ1v) is 5.23. The minimum absolute atomic E-state index is 1.03. The van der Waals surface area contributed by atoms with Crippen molar-refractivity contribution in [3.8, 4) is 0 Å². The summed E-state index contributed by atoms with van der Waals surface area (Å²) in [5.41, 5.74) is 0. The summed E-state index contributed by atoms with van der Waals surface area (Å²) in [7, 11) is 0. The van der Waals surface area contributed by atoms with Gasteiger partial charge in [0.05, 0.1) is 12.6 Å². The number of hydrogen-bond donors (Lipinski definition) is 1. The van der Waals surface area contributed by atoms with Crippen LogP contribution < -0.4 is 5.32 Å². The van der Waals surface area contributed by atoms with Gasteiger partial charge in [0.1, 0.15) is 0 Å². The van der Waals surface area contributed by atoms with Gasteiger partial charge >= 0.3 is 0 Å². The molecule has 1 nitrogen and oxygen atoms in total. The zero-order valence-corrected chi connectivity index (χ0v) is 7.13. The molecule has 2 aliphatic carbocycles. The lowest BCUT2D eigenvalue weighted by molar-refractivity contribution is -0.691. The van der Waals surface area contributed by atoms with Gasteiger partial charge in [0.25, 0.3) is 0 Å². The van der Waals surface area contributed by atoms with Crippen molar-refractivity contribution in [2.24, 2.45) is 17.8 Å². The molecule has 0 aromatic carbocycles. The molecule has 0 aromatic heterocycles. The van der Waals surface area contributed by atoms with Crippen molar-refractivity contribution in [3.63, 3.8) is 0 Å². The predicted molar refractivity (Wildman–Crippen MR) is 44.1 cm³/mol. The highest BCUT2D eigenvalue weighted by molar-refractivity contribution is 4.88. The van der Waals surface area contributed by atoms with E-state index in [1.54, 1.807) is 32.1 Å². The molecule has 2 saturated carbocycles. The van der Waals surface area contributed by atoms with Gasteiger partial charge in [-0.15, -0.1) is 0 Å². The van der Waals surface area contributed by atoms with Crippen LogP contribution in [0.25, 0.3) is 0 Å². The summed E-state index contributed by atoms with van der Waals surface area (Å²) < 4.78 is 0. The molecule has 2 unspecified atom stereocenters. The van der Waals surface area contributed by atoms with Crippen LogP contribution in [0.15, 0.2) is 0 Å². The third-order valence-electron chi connectivity index (χ3n) is 4.07. The normalized spacial score (nSPS) is 54.5. The molecule has 2 atom stereocenters. The highest BCUT2D eigenvalue weighted by Gasteiger charge is 2.41. The molecule has 4 fully saturated rings. The van der Waals surface area contributed by atoms with E-state index in [9.17, 15) is 0 Å². The Kier molecular flexibility index (Phi) is 1.31. The van der Waals surface area contributed by atoms with Gasteiger partial charge < -0.3 is 5.32 Å². The van der Waals surface area contributed by atoms with Gasteiger partial charge in [0, 0.05) is 18.8 Å². The second kappa shape index (κ2) is 2.22. The van der Waals surface area contributed by atoms with Crippen LogP contribution >= 0.6 is 0 Å². The Balaban J connectivity index is 1.90. The van der Waals surface area contributed by atoms with E-state index in [0.717, 1.165) is 23.8 Å². The average molecular weight is 152 g/mol. The first-order chi connectivity index (χ1) is 5.40. The number of nitrogens with two attached hydrogens (primary N) is 1. The van der Waals surface area contributed by atoms with Crippen LogP contribution in [-0.4, -0.2) is 12.6 Å². The molecule has 1 heteroatoms. The van der Waals surface area contributed by atoms with E-state index in [0.29, 0.717) is 0 Å². The lowest BCUT2D eigenvalue weighted by Gasteiger charge is -2.35. The fourth-order valence-corrected chi connectivity index (χ4v) is 3.81. The molecule has 2 heterocycles. The number of quaternary nitrogens is 1. The van der Waals surface area contributed by atoms with Crippen LogP contribution in [0.3, 0.4) is 0 Å². The third-order valence-corrected chi connectivity index (χ3v) is 4.07. The molecule has 4 aliphatic rings. The molecule has 2 saturated heterocycles. The zero-order chi connectivity index (χ0) is 7.26. The minimum Gasteiger partial charge on any atom is -0.344 e. The summed E-state index contributed by atoms with van der Waals surface area (Å²) in [6.07, 6.45) is 7.83. The van der Waals surface area contributed by atoms with Gasteiger partial charge in [0.2, 0.25) is 0 Å². The molecule has 2 aliphatic heterocycles. The van der Waals surface area contributed by atoms with Gasteiger partial charge in [-0.3, -0.25) is 0 Å². The summed E-state index contributed by atoms with van der Waals surface area (Å²) in [4.78, 5) is 0. The quantitative estimate of drug-likeness (QED) is 0.528. The van der Waals surface area contributed by atoms with Crippen LogP contribution in [0.2, 0.25) is 0 Å². The maximum Gasteiger partial charge on any atom is 0.0864 e. The summed E-state index contributed by atoms with van der Waals surface area (Å²) in [6, 6.07) is 1.03. The zero-order valence-electron chi connectivity index (χ0n) is 7.13. The molecule has 11 heavy (non-hydrogen) atoms. The van der Waals surface area contributed by atoms with Crippen molar-refractivity contribution in [2.75, 3.05) is 6.54 Å². The Hall–Kier alpha value is -0.0400. The number of fused-ring (bicyclic) bond motifs is 1. The van der Waals surface area contributed by atoms with Gasteiger partial charge in [-0.25, -0.2) is 0 Å². The van der Waals surface area contributed by atoms with E-state index >= 15 is 0 Å². The maximum atomic E-state index is 2.64. The first-order valence-electron chi connectivity index (χ1n) is 5.23. The van der Waals surface area contributed by atoms with E-state index in [-0.39, 0.29) is 0 Å². The van der Waals surface area contributed by atoms with Crippen molar-refractivity contribution in [3.05, 3.63) is 0 Å². The first kappa shape index (κ1) is 6.47. The summed E-state index contributed by atoms with van der Waals surface area (Å²) in [6.45, 7) is 1.46. The second-order valence-corrected chi connectivity index (χ2v) is 5.01. The summed E-state index contributed by atoms with van der Waals surface area (Å²) >= 11 is 0. The molecule has 62 valence electrons. The van der Waals surface area contributed by atoms with Crippen molar-refractivity contribution in [2.45, 2.75) is 38.1 Å². The predicted octanol–water partition coefficient (Wildman–Crippen LogP) is 0.758. The van der Waals surface area contributed by atoms with Crippen molar-refractivity contribution in [1.29, 1.82) is 0 Å². The average Bonchev–Trinajstić information content (AvgIpc) is 2.18. The van der Waals surface area contributed by atoms with Crippen molar-refractivity contribution >= 4 is 0 Å². The fraction of sp³-hybridized carbons (Fsp3) is 1.00. The largest absolute Gasteiger partial charge is 0.344 e. The molecule has 2 N–H and O–H groups in total. The Labute approximate surface area is 68.6 Å². The summed E-state index contributed by atoms with van der Waals surface area (Å²) in [5.74, 6) is 3.37. The molecular formula is C10H18N+. The topological polar surface area (TPSA) is 16.6 Å². The molecule has 4 bridgehead atoms. The van der Waals surface area contributed by atoms with E-state index in [2.05, 4.69) is 5.32 Å². The highest BCUT2D eigenvalue weighted by Crippen LogP contribution is 2.42. The minimum atomic E-state index is 1.03. The van der Waals surface area contributed by atoms with Gasteiger partial charge in [0.15, 0.2) is 0 Å². The third kappa shape index (κ3) is 1.01. The van der Waals surface area contributed by atoms with Crippen LogP contribution in [0, 0.1) is 17.8 Å². The number of rotatable bonds is 0. The standard InChI is InChI=1S/C10H17N/c1-7-2-9-3-8(1)5-10(4-7)11-6-9/h7-11H,1-6H2/p+1. The molecule has 0 aromatic rings. The van der Waals surface area contributed by atoms with Gasteiger partial charge in [-0.2, -0.15) is 0 Å². The Bertz CT molecular complexity index is 132. The van der Waals surface area contributed by atoms with E-state index in [1.807, 2.05) is 0 Å². The monoisotopic (exact) mass is 152 g/mol. The van der Waals surface area contributed by atoms with Crippen LogP contribution in [0.5, 0.6) is 0 Å². The fourth-order valence-electron chi connectivity index (χ4n) is 3.81. The summed E-state index contributed by atoms with van der Waals surface area (Å²) in [5, 5.41) is 2.64. The lowest BCUT2D eigenvalue weighted by Crippen LogP contribution is -2.90. The van der Waals surface area contributed by atoms with E-state index < -0.39 is 0 Å². The lowest BCUT2D eigenvalue weighted by atomic mass is 9.68. The van der Waals surface area contributed by atoms with Crippen LogP contribution in [0.4, 0.5) is 0 Å². The second-order valence-electron chi connectivity index (χ2n) is 5.01. The highest BCUT2D eigenvalue weighted by atomic mass is 14.9. The van der Waals surface area contributed by atoms with Crippen LogP contribution in [-0.2, 0) is 0 Å². The van der Waals surface area contributed by atoms with Gasteiger partial charge in [-0.05, 0) is 31.1 Å². The Morgan fingerprint density at radius 2 is 1.36 bits per heavy atom. The molecule has 0 amide bonds. The van der Waals surface area contributed by atoms with E-state index in [1.165, 1.54) is 6.54 Å². The Morgan fingerprint density at radius 3 is 2.09 bits per heavy atom. The molecule has 4 rings (SSSR count). The van der Waals surface area contributed by atoms with Crippen LogP contribution in [0.1, 0.15) is 32.1 Å². The van der Waals surface area contributed by atoms with E-state index in [4.69, 9.17) is 0 Å². The molecule has 0 radical (unpaired) electrons. The smallest absolute Gasteiger partial charge is 0.0864 e. The number of hydrogen-bond acceptors (Lipinski definition) is 0. The molecular weight excluding hydrogens is 134 g/mol. The van der Waals surface area contributed by atoms with Crippen molar-refractivity contribution in [1.82, 2.24) is 0 Å². The van der Waals surface area contributed by atoms with Gasteiger partial charge in [-0.1, -0.05) is 0 Å². The Morgan fingerprint density at radius 1 is 0.727 bits per heavy atom. The van der Waals surface area contributed by atoms with Crippen molar-refractivity contribution < 1.29 is 5.32 Å². The maximum absolute atomic E-state index is 2.64. The SMILES string of the molecule is C1[NH2+]C2CC3CC1CC(C3)C2. The molecule has 0 spiro atoms.